The van der Waals surface area contributed by atoms with Crippen LogP contribution in [0.4, 0.5) is 4.39 Å². The van der Waals surface area contributed by atoms with Crippen molar-refractivity contribution in [2.75, 3.05) is 26.8 Å². The lowest BCUT2D eigenvalue weighted by molar-refractivity contribution is -0.128. The summed E-state index contributed by atoms with van der Waals surface area (Å²) in [5.41, 5.74) is 0.814. The van der Waals surface area contributed by atoms with Crippen molar-refractivity contribution < 1.29 is 18.7 Å². The lowest BCUT2D eigenvalue weighted by Crippen LogP contribution is -2.55. The van der Waals surface area contributed by atoms with Crippen molar-refractivity contribution in [2.24, 2.45) is 0 Å². The third kappa shape index (κ3) is 4.83. The predicted molar refractivity (Wildman–Crippen MR) is 84.1 cm³/mol. The molecule has 0 bridgehead atoms. The Kier molecular flexibility index (Phi) is 7.58. The van der Waals surface area contributed by atoms with Crippen molar-refractivity contribution in [1.29, 1.82) is 0 Å². The molecular formula is C15H22ClFN2O3. The summed E-state index contributed by atoms with van der Waals surface area (Å²) in [5.74, 6) is -0.256. The van der Waals surface area contributed by atoms with E-state index in [9.17, 15) is 9.18 Å². The molecule has 2 atom stereocenters. The second-order valence-electron chi connectivity index (χ2n) is 5.02. The first kappa shape index (κ1) is 18.7. The van der Waals surface area contributed by atoms with Crippen LogP contribution in [0.1, 0.15) is 12.5 Å². The number of amides is 1. The number of hydrogen-bond donors (Lipinski definition) is 2. The molecule has 1 aliphatic rings. The van der Waals surface area contributed by atoms with Gasteiger partial charge in [0.1, 0.15) is 6.04 Å². The Hall–Kier alpha value is -1.37. The van der Waals surface area contributed by atoms with Crippen molar-refractivity contribution in [3.63, 3.8) is 0 Å². The molecule has 0 aliphatic carbocycles. The SMILES string of the molecule is COc1ccc(CCNC(=O)[C@H]2NCCO[C@@H]2C)cc1F.Cl. The van der Waals surface area contributed by atoms with Gasteiger partial charge in [0.05, 0.1) is 19.8 Å². The van der Waals surface area contributed by atoms with E-state index >= 15 is 0 Å². The molecular weight excluding hydrogens is 311 g/mol. The average Bonchev–Trinajstić information content (AvgIpc) is 2.48. The minimum atomic E-state index is -0.391. The molecule has 7 heteroatoms. The van der Waals surface area contributed by atoms with Crippen LogP contribution in [0.5, 0.6) is 5.75 Å². The fourth-order valence-corrected chi connectivity index (χ4v) is 2.33. The standard InChI is InChI=1S/C15H21FN2O3.ClH/c1-10-14(17-7-8-21-10)15(19)18-6-5-11-3-4-13(20-2)12(16)9-11;/h3-4,9-10,14,17H,5-8H2,1-2H3,(H,18,19);1H/t10-,14+;/m1./s1. The van der Waals surface area contributed by atoms with E-state index in [-0.39, 0.29) is 36.2 Å². The van der Waals surface area contributed by atoms with Gasteiger partial charge < -0.3 is 20.1 Å². The molecule has 0 saturated carbocycles. The molecule has 2 rings (SSSR count). The molecule has 0 radical (unpaired) electrons. The quantitative estimate of drug-likeness (QED) is 0.853. The van der Waals surface area contributed by atoms with Gasteiger partial charge in [-0.15, -0.1) is 12.4 Å². The Morgan fingerprint density at radius 3 is 2.95 bits per heavy atom. The van der Waals surface area contributed by atoms with Gasteiger partial charge in [0, 0.05) is 13.1 Å². The Balaban J connectivity index is 0.00000242. The zero-order valence-electron chi connectivity index (χ0n) is 12.7. The Morgan fingerprint density at radius 2 is 2.32 bits per heavy atom. The molecule has 0 aromatic heterocycles. The fourth-order valence-electron chi connectivity index (χ4n) is 2.33. The first-order valence-electron chi connectivity index (χ1n) is 7.07. The predicted octanol–water partition coefficient (Wildman–Crippen LogP) is 1.29. The largest absolute Gasteiger partial charge is 0.494 e. The van der Waals surface area contributed by atoms with Crippen LogP contribution in [0.3, 0.4) is 0 Å². The van der Waals surface area contributed by atoms with E-state index in [0.717, 1.165) is 5.56 Å². The minimum absolute atomic E-state index is 0. The Bertz CT molecular complexity index is 502. The van der Waals surface area contributed by atoms with Crippen LogP contribution in [0.15, 0.2) is 18.2 Å². The van der Waals surface area contributed by atoms with E-state index in [4.69, 9.17) is 9.47 Å². The highest BCUT2D eigenvalue weighted by atomic mass is 35.5. The number of ether oxygens (including phenoxy) is 2. The van der Waals surface area contributed by atoms with Crippen molar-refractivity contribution in [2.45, 2.75) is 25.5 Å². The van der Waals surface area contributed by atoms with E-state index in [1.165, 1.54) is 13.2 Å². The third-order valence-corrected chi connectivity index (χ3v) is 3.53. The number of carbonyl (C=O) groups is 1. The molecule has 1 aromatic carbocycles. The van der Waals surface area contributed by atoms with Gasteiger partial charge in [0.25, 0.3) is 0 Å². The van der Waals surface area contributed by atoms with Gasteiger partial charge in [-0.3, -0.25) is 4.79 Å². The van der Waals surface area contributed by atoms with Gasteiger partial charge in [0.15, 0.2) is 11.6 Å². The third-order valence-electron chi connectivity index (χ3n) is 3.53. The summed E-state index contributed by atoms with van der Waals surface area (Å²) >= 11 is 0. The highest BCUT2D eigenvalue weighted by Crippen LogP contribution is 2.17. The summed E-state index contributed by atoms with van der Waals surface area (Å²) in [6.45, 7) is 3.62. The Labute approximate surface area is 136 Å². The first-order valence-corrected chi connectivity index (χ1v) is 7.07. The van der Waals surface area contributed by atoms with Crippen LogP contribution in [-0.4, -0.2) is 44.9 Å². The molecule has 1 heterocycles. The van der Waals surface area contributed by atoms with Crippen molar-refractivity contribution in [3.05, 3.63) is 29.6 Å². The molecule has 1 aromatic rings. The first-order chi connectivity index (χ1) is 10.1. The number of rotatable bonds is 5. The van der Waals surface area contributed by atoms with Crippen molar-refractivity contribution >= 4 is 18.3 Å². The Morgan fingerprint density at radius 1 is 1.55 bits per heavy atom. The number of benzene rings is 1. The smallest absolute Gasteiger partial charge is 0.239 e. The van der Waals surface area contributed by atoms with Crippen LogP contribution in [-0.2, 0) is 16.0 Å². The number of nitrogens with one attached hydrogen (secondary N) is 2. The highest BCUT2D eigenvalue weighted by Gasteiger charge is 2.27. The maximum absolute atomic E-state index is 13.5. The van der Waals surface area contributed by atoms with E-state index < -0.39 is 5.82 Å². The maximum Gasteiger partial charge on any atom is 0.239 e. The van der Waals surface area contributed by atoms with E-state index in [2.05, 4.69) is 10.6 Å². The zero-order chi connectivity index (χ0) is 15.2. The molecule has 1 fully saturated rings. The van der Waals surface area contributed by atoms with E-state index in [1.54, 1.807) is 12.1 Å². The number of halogens is 2. The van der Waals surface area contributed by atoms with Crippen LogP contribution in [0.2, 0.25) is 0 Å². The molecule has 22 heavy (non-hydrogen) atoms. The van der Waals surface area contributed by atoms with Crippen molar-refractivity contribution in [1.82, 2.24) is 10.6 Å². The number of hydrogen-bond acceptors (Lipinski definition) is 4. The zero-order valence-corrected chi connectivity index (χ0v) is 13.5. The van der Waals surface area contributed by atoms with Crippen LogP contribution in [0, 0.1) is 5.82 Å². The summed E-state index contributed by atoms with van der Waals surface area (Å²) < 4.78 is 23.8. The molecule has 0 unspecified atom stereocenters. The molecule has 1 amide bonds. The molecule has 0 spiro atoms. The summed E-state index contributed by atoms with van der Waals surface area (Å²) in [6, 6.07) is 4.48. The topological polar surface area (TPSA) is 59.6 Å². The monoisotopic (exact) mass is 332 g/mol. The average molecular weight is 333 g/mol. The van der Waals surface area contributed by atoms with Gasteiger partial charge in [0.2, 0.25) is 5.91 Å². The number of morpholine rings is 1. The second kappa shape index (κ2) is 8.92. The highest BCUT2D eigenvalue weighted by molar-refractivity contribution is 5.85. The summed E-state index contributed by atoms with van der Waals surface area (Å²) in [7, 11) is 1.43. The van der Waals surface area contributed by atoms with Gasteiger partial charge in [-0.1, -0.05) is 6.07 Å². The molecule has 2 N–H and O–H groups in total. The van der Waals surface area contributed by atoms with Crippen LogP contribution < -0.4 is 15.4 Å². The van der Waals surface area contributed by atoms with Gasteiger partial charge in [-0.2, -0.15) is 0 Å². The molecule has 1 saturated heterocycles. The maximum atomic E-state index is 13.5. The second-order valence-corrected chi connectivity index (χ2v) is 5.02. The lowest BCUT2D eigenvalue weighted by Gasteiger charge is -2.29. The number of carbonyl (C=O) groups excluding carboxylic acids is 1. The molecule has 5 nitrogen and oxygen atoms in total. The summed E-state index contributed by atoms with van der Waals surface area (Å²) in [6.07, 6.45) is 0.423. The van der Waals surface area contributed by atoms with E-state index in [1.807, 2.05) is 6.92 Å². The fraction of sp³-hybridized carbons (Fsp3) is 0.533. The van der Waals surface area contributed by atoms with Crippen molar-refractivity contribution in [3.8, 4) is 5.75 Å². The van der Waals surface area contributed by atoms with E-state index in [0.29, 0.717) is 26.1 Å². The van der Waals surface area contributed by atoms with Gasteiger partial charge in [-0.25, -0.2) is 4.39 Å². The minimum Gasteiger partial charge on any atom is -0.494 e. The normalized spacial score (nSPS) is 20.9. The number of methoxy groups -OCH3 is 1. The molecule has 124 valence electrons. The van der Waals surface area contributed by atoms with Crippen LogP contribution >= 0.6 is 12.4 Å². The summed E-state index contributed by atoms with van der Waals surface area (Å²) in [5, 5.41) is 5.97. The van der Waals surface area contributed by atoms with Crippen LogP contribution in [0.25, 0.3) is 0 Å². The molecule has 1 aliphatic heterocycles. The lowest BCUT2D eigenvalue weighted by atomic mass is 10.1. The van der Waals surface area contributed by atoms with Gasteiger partial charge in [-0.05, 0) is 31.0 Å². The summed E-state index contributed by atoms with van der Waals surface area (Å²) in [4.78, 5) is 12.0. The van der Waals surface area contributed by atoms with Gasteiger partial charge >= 0.3 is 0 Å².